The van der Waals surface area contributed by atoms with E-state index >= 15 is 0 Å². The lowest BCUT2D eigenvalue weighted by Gasteiger charge is -2.43. The molecule has 6 bridgehead atoms. The van der Waals surface area contributed by atoms with Crippen molar-refractivity contribution in [3.8, 4) is 11.5 Å². The van der Waals surface area contributed by atoms with Crippen molar-refractivity contribution in [1.82, 2.24) is 0 Å². The predicted octanol–water partition coefficient (Wildman–Crippen LogP) is 3.50. The number of ketones is 1. The van der Waals surface area contributed by atoms with Gasteiger partial charge in [0.25, 0.3) is 5.91 Å². The van der Waals surface area contributed by atoms with Gasteiger partial charge in [0.2, 0.25) is 6.79 Å². The minimum absolute atomic E-state index is 0.0354. The number of phenols is 1. The first-order valence-corrected chi connectivity index (χ1v) is 17.4. The Morgan fingerprint density at radius 3 is 2.21 bits per heavy atom. The van der Waals surface area contributed by atoms with E-state index in [1.807, 2.05) is 0 Å². The zero-order valence-corrected chi connectivity index (χ0v) is 31.1. The number of amides is 1. The number of nitrogens with one attached hydrogen (secondary N) is 1. The Labute approximate surface area is 307 Å². The molecule has 6 heterocycles. The number of hydrogen-bond acceptors (Lipinski definition) is 13. The third-order valence-electron chi connectivity index (χ3n) is 10.6. The molecule has 0 aromatic heterocycles. The van der Waals surface area contributed by atoms with E-state index < -0.39 is 83.1 Å². The van der Waals surface area contributed by atoms with Gasteiger partial charge < -0.3 is 49.8 Å². The van der Waals surface area contributed by atoms with E-state index in [0.29, 0.717) is 0 Å². The van der Waals surface area contributed by atoms with Gasteiger partial charge in [-0.1, -0.05) is 39.0 Å². The van der Waals surface area contributed by atoms with Gasteiger partial charge in [0.15, 0.2) is 11.5 Å². The van der Waals surface area contributed by atoms with E-state index in [1.54, 1.807) is 32.9 Å². The Kier molecular flexibility index (Phi) is 10.8. The van der Waals surface area contributed by atoms with Crippen LogP contribution in [0.4, 0.5) is 5.69 Å². The Bertz CT molecular complexity index is 1910. The zero-order valence-electron chi connectivity index (χ0n) is 31.1. The lowest BCUT2D eigenvalue weighted by molar-refractivity contribution is -0.198. The molecular weight excluding hydrogens is 690 g/mol. The second kappa shape index (κ2) is 14.6. The molecule has 1 aromatic rings. The van der Waals surface area contributed by atoms with E-state index in [-0.39, 0.29) is 68.7 Å². The van der Waals surface area contributed by atoms with Gasteiger partial charge in [0.1, 0.15) is 34.9 Å². The molecule has 53 heavy (non-hydrogen) atoms. The standard InChI is InChI=1S/C39H47NO13/c1-15-11-10-12-16(2)37(47)40-27-18(4)35(52-22(8)41)23-24(31(27)45)28(42)20(6)34-25(23)33(50-14-51-34)17(3)13-39(9,49)36(46)21(7)30(44)26-29(43)19(5)32(15)53-38(26)48/h10-13,15,19,21,26,29-30,32,36,43-46,49H,14H2,1-9H3,(H,40,47)/t15-,19-,21-,26+,29+,30+,32+,36-,39+/m1/s1. The van der Waals surface area contributed by atoms with Crippen molar-refractivity contribution < 1.29 is 63.7 Å². The fourth-order valence-electron chi connectivity index (χ4n) is 7.55. The smallest absolute Gasteiger partial charge is 0.314 e. The third-order valence-corrected chi connectivity index (χ3v) is 10.6. The van der Waals surface area contributed by atoms with E-state index in [0.717, 1.165) is 6.92 Å². The maximum atomic E-state index is 13.9. The van der Waals surface area contributed by atoms with Gasteiger partial charge in [-0.05, 0) is 46.3 Å². The summed E-state index contributed by atoms with van der Waals surface area (Å²) in [5.41, 5.74) is -2.02. The molecule has 6 aliphatic heterocycles. The molecule has 0 spiro atoms. The molecule has 1 amide bonds. The summed E-state index contributed by atoms with van der Waals surface area (Å²) >= 11 is 0. The number of aliphatic hydroxyl groups is 4. The number of carbonyl (C=O) groups is 4. The van der Waals surface area contributed by atoms with Gasteiger partial charge in [-0.15, -0.1) is 0 Å². The van der Waals surface area contributed by atoms with Gasteiger partial charge in [-0.25, -0.2) is 0 Å². The van der Waals surface area contributed by atoms with Crippen LogP contribution in [0.3, 0.4) is 0 Å². The molecule has 286 valence electrons. The summed E-state index contributed by atoms with van der Waals surface area (Å²) in [4.78, 5) is 53.2. The third kappa shape index (κ3) is 6.92. The molecule has 14 nitrogen and oxygen atoms in total. The largest absolute Gasteiger partial charge is 0.505 e. The fourth-order valence-corrected chi connectivity index (χ4v) is 7.55. The van der Waals surface area contributed by atoms with Crippen molar-refractivity contribution in [2.24, 2.45) is 23.7 Å². The summed E-state index contributed by atoms with van der Waals surface area (Å²) < 4.78 is 23.1. The number of aromatic hydroxyl groups is 1. The van der Waals surface area contributed by atoms with Gasteiger partial charge in [-0.2, -0.15) is 0 Å². The first kappa shape index (κ1) is 39.4. The van der Waals surface area contributed by atoms with Crippen LogP contribution in [-0.2, 0) is 28.6 Å². The van der Waals surface area contributed by atoms with Crippen LogP contribution < -0.4 is 10.1 Å². The first-order chi connectivity index (χ1) is 24.7. The summed E-state index contributed by atoms with van der Waals surface area (Å²) in [5, 5.41) is 60.2. The summed E-state index contributed by atoms with van der Waals surface area (Å²) in [5.74, 6) is -7.39. The van der Waals surface area contributed by atoms with Crippen LogP contribution in [-0.4, -0.2) is 86.0 Å². The molecule has 0 unspecified atom stereocenters. The van der Waals surface area contributed by atoms with Crippen LogP contribution in [0.1, 0.15) is 76.9 Å². The van der Waals surface area contributed by atoms with Crippen LogP contribution >= 0.6 is 0 Å². The molecular formula is C39H47NO13. The number of benzene rings is 1. The number of rotatable bonds is 1. The average Bonchev–Trinajstić information content (AvgIpc) is 3.09. The number of phenolic OH excluding ortho intramolecular Hbond substituents is 1. The monoisotopic (exact) mass is 737 g/mol. The van der Waals surface area contributed by atoms with Crippen LogP contribution in [0.5, 0.6) is 11.5 Å². The van der Waals surface area contributed by atoms with E-state index in [1.165, 1.54) is 46.8 Å². The molecule has 0 radical (unpaired) electrons. The number of hydrogen-bond donors (Lipinski definition) is 6. The molecule has 14 heteroatoms. The number of ether oxygens (including phenoxy) is 4. The van der Waals surface area contributed by atoms with Crippen LogP contribution in [0.2, 0.25) is 0 Å². The van der Waals surface area contributed by atoms with Gasteiger partial charge >= 0.3 is 11.9 Å². The summed E-state index contributed by atoms with van der Waals surface area (Å²) in [6.45, 7) is 12.9. The highest BCUT2D eigenvalue weighted by molar-refractivity contribution is 6.21. The average molecular weight is 738 g/mol. The van der Waals surface area contributed by atoms with Crippen molar-refractivity contribution in [3.63, 3.8) is 0 Å². The normalized spacial score (nSPS) is 32.4. The maximum Gasteiger partial charge on any atom is 0.314 e. The van der Waals surface area contributed by atoms with Crippen molar-refractivity contribution in [3.05, 3.63) is 69.2 Å². The molecule has 6 N–H and O–H groups in total. The van der Waals surface area contributed by atoms with E-state index in [4.69, 9.17) is 18.9 Å². The number of carbonyl (C=O) groups excluding carboxylic acids is 4. The number of esters is 2. The highest BCUT2D eigenvalue weighted by Gasteiger charge is 2.51. The number of Topliss-reactive ketones (excluding diaryl/α,β-unsaturated/α-hetero) is 1. The molecule has 1 aliphatic carbocycles. The SMILES string of the molecule is CC(=O)Oc1c(C)c2c(O)c3c1C1=C(OCOC1=C(C)C3=O)C(C)=C[C@](C)(O)[C@H](O)[C@H](C)[C@H](O)[C@H]1C(=O)O[C@H]([C@H](C)[C@@H]1O)[C@H](C)C=CC=C(C)C(=O)N2. The van der Waals surface area contributed by atoms with Crippen LogP contribution in [0, 0.1) is 30.6 Å². The van der Waals surface area contributed by atoms with Gasteiger partial charge in [-0.3, -0.25) is 19.2 Å². The molecule has 1 aromatic carbocycles. The molecule has 8 rings (SSSR count). The lowest BCUT2D eigenvalue weighted by Crippen LogP contribution is -2.57. The van der Waals surface area contributed by atoms with Crippen LogP contribution in [0.15, 0.2) is 52.5 Å². The second-order valence-corrected chi connectivity index (χ2v) is 14.6. The Morgan fingerprint density at radius 2 is 1.57 bits per heavy atom. The fraction of sp³-hybridized carbons (Fsp3) is 0.487. The Hall–Kier alpha value is -4.76. The second-order valence-electron chi connectivity index (χ2n) is 14.6. The minimum atomic E-state index is -2.10. The minimum Gasteiger partial charge on any atom is -0.505 e. The quantitative estimate of drug-likeness (QED) is 0.138. The first-order valence-electron chi connectivity index (χ1n) is 17.4. The molecule has 7 aliphatic rings. The predicted molar refractivity (Wildman–Crippen MR) is 190 cm³/mol. The Balaban J connectivity index is 1.79. The highest BCUT2D eigenvalue weighted by Crippen LogP contribution is 2.53. The number of allylic oxidation sites excluding steroid dienone is 5. The molecule has 1 saturated heterocycles. The summed E-state index contributed by atoms with van der Waals surface area (Å²) in [7, 11) is 0. The zero-order chi connectivity index (χ0) is 39.4. The highest BCUT2D eigenvalue weighted by atomic mass is 16.7. The van der Waals surface area contributed by atoms with Crippen molar-refractivity contribution in [2.75, 3.05) is 12.1 Å². The summed E-state index contributed by atoms with van der Waals surface area (Å²) in [6, 6.07) is 0. The lowest BCUT2D eigenvalue weighted by atomic mass is 9.73. The van der Waals surface area contributed by atoms with Crippen molar-refractivity contribution in [1.29, 1.82) is 0 Å². The summed E-state index contributed by atoms with van der Waals surface area (Å²) in [6.07, 6.45) is 0.468. The number of aliphatic hydroxyl groups excluding tert-OH is 3. The number of anilines is 1. The Morgan fingerprint density at radius 1 is 0.943 bits per heavy atom. The topological polar surface area (TPSA) is 218 Å². The maximum absolute atomic E-state index is 13.9. The van der Waals surface area contributed by atoms with Crippen LogP contribution in [0.25, 0.3) is 5.57 Å². The van der Waals surface area contributed by atoms with E-state index in [2.05, 4.69) is 5.32 Å². The van der Waals surface area contributed by atoms with Gasteiger partial charge in [0, 0.05) is 47.0 Å². The van der Waals surface area contributed by atoms with Crippen molar-refractivity contribution in [2.45, 2.75) is 92.3 Å². The van der Waals surface area contributed by atoms with Gasteiger partial charge in [0.05, 0.1) is 35.1 Å². The molecule has 1 fully saturated rings. The molecule has 9 atom stereocenters. The van der Waals surface area contributed by atoms with Crippen molar-refractivity contribution >= 4 is 34.9 Å². The molecule has 0 saturated carbocycles. The van der Waals surface area contributed by atoms with E-state index in [9.17, 15) is 44.7 Å².